The van der Waals surface area contributed by atoms with Crippen LogP contribution in [0.3, 0.4) is 0 Å². The molecule has 0 radical (unpaired) electrons. The molecular weight excluding hydrogens is 482 g/mol. The molecular formula is C28H26F2N2O5. The van der Waals surface area contributed by atoms with Crippen molar-refractivity contribution in [1.82, 2.24) is 9.97 Å². The highest BCUT2D eigenvalue weighted by molar-refractivity contribution is 5.84. The molecule has 0 amide bonds. The van der Waals surface area contributed by atoms with Crippen molar-refractivity contribution >= 4 is 11.9 Å². The van der Waals surface area contributed by atoms with E-state index in [-0.39, 0.29) is 23.2 Å². The molecule has 37 heavy (non-hydrogen) atoms. The Morgan fingerprint density at radius 3 is 1.97 bits per heavy atom. The number of aliphatic carboxylic acids is 2. The lowest BCUT2D eigenvalue weighted by Gasteiger charge is -2.39. The van der Waals surface area contributed by atoms with Gasteiger partial charge in [-0.05, 0) is 61.2 Å². The molecule has 9 heteroatoms. The van der Waals surface area contributed by atoms with Crippen LogP contribution in [0, 0.1) is 17.0 Å². The van der Waals surface area contributed by atoms with E-state index >= 15 is 0 Å². The Balaban J connectivity index is 1.73. The lowest BCUT2D eigenvalue weighted by atomic mass is 9.67. The van der Waals surface area contributed by atoms with Crippen LogP contribution in [-0.2, 0) is 22.4 Å². The predicted octanol–water partition coefficient (Wildman–Crippen LogP) is 4.27. The van der Waals surface area contributed by atoms with Crippen molar-refractivity contribution < 1.29 is 33.7 Å². The van der Waals surface area contributed by atoms with Crippen LogP contribution < -0.4 is 0 Å². The summed E-state index contributed by atoms with van der Waals surface area (Å²) in [5.41, 5.74) is -1.52. The predicted molar refractivity (Wildman–Crippen MR) is 130 cm³/mol. The summed E-state index contributed by atoms with van der Waals surface area (Å²) >= 11 is 0. The molecule has 0 bridgehead atoms. The average Bonchev–Trinajstić information content (AvgIpc) is 2.86. The van der Waals surface area contributed by atoms with Gasteiger partial charge in [-0.25, -0.2) is 23.5 Å². The molecule has 3 unspecified atom stereocenters. The minimum absolute atomic E-state index is 0.224. The van der Waals surface area contributed by atoms with Gasteiger partial charge < -0.3 is 15.3 Å². The smallest absolute Gasteiger partial charge is 0.336 e. The van der Waals surface area contributed by atoms with Gasteiger partial charge >= 0.3 is 11.9 Å². The number of benzene rings is 2. The van der Waals surface area contributed by atoms with Crippen LogP contribution >= 0.6 is 0 Å². The van der Waals surface area contributed by atoms with Crippen molar-refractivity contribution in [3.63, 3.8) is 0 Å². The summed E-state index contributed by atoms with van der Waals surface area (Å²) in [4.78, 5) is 32.5. The minimum atomic E-state index is -2.41. The second-order valence-electron chi connectivity index (χ2n) is 9.69. The van der Waals surface area contributed by atoms with Crippen LogP contribution in [0.1, 0.15) is 47.7 Å². The van der Waals surface area contributed by atoms with Crippen LogP contribution in [0.5, 0.6) is 0 Å². The Morgan fingerprint density at radius 2 is 1.49 bits per heavy atom. The van der Waals surface area contributed by atoms with Gasteiger partial charge in [-0.3, -0.25) is 4.79 Å². The van der Waals surface area contributed by atoms with E-state index in [0.29, 0.717) is 18.5 Å². The molecule has 1 aliphatic rings. The normalized spacial score (nSPS) is 23.2. The Hall–Kier alpha value is -3.98. The quantitative estimate of drug-likeness (QED) is 0.389. The summed E-state index contributed by atoms with van der Waals surface area (Å²) in [6.45, 7) is 1.35. The van der Waals surface area contributed by atoms with Crippen molar-refractivity contribution in [1.29, 1.82) is 0 Å². The maximum absolute atomic E-state index is 13.5. The maximum atomic E-state index is 13.5. The van der Waals surface area contributed by atoms with Crippen molar-refractivity contribution in [2.75, 3.05) is 0 Å². The summed E-state index contributed by atoms with van der Waals surface area (Å²) in [5.74, 6) is -4.92. The number of carboxylic acids is 2. The highest BCUT2D eigenvalue weighted by atomic mass is 19.1. The highest BCUT2D eigenvalue weighted by Gasteiger charge is 2.53. The van der Waals surface area contributed by atoms with Gasteiger partial charge in [0, 0.05) is 18.0 Å². The molecule has 0 aliphatic heterocycles. The number of halogens is 2. The zero-order chi connectivity index (χ0) is 26.8. The molecule has 0 saturated heterocycles. The summed E-state index contributed by atoms with van der Waals surface area (Å²) in [7, 11) is 0. The molecule has 2 aromatic carbocycles. The minimum Gasteiger partial charge on any atom is -0.481 e. The fourth-order valence-corrected chi connectivity index (χ4v) is 4.77. The second-order valence-corrected chi connectivity index (χ2v) is 9.69. The number of hydrogen-bond donors (Lipinski definition) is 3. The summed E-state index contributed by atoms with van der Waals surface area (Å²) < 4.78 is 26.9. The lowest BCUT2D eigenvalue weighted by Crippen LogP contribution is -2.51. The van der Waals surface area contributed by atoms with E-state index in [1.54, 1.807) is 30.3 Å². The Morgan fingerprint density at radius 1 is 0.946 bits per heavy atom. The van der Waals surface area contributed by atoms with E-state index in [2.05, 4.69) is 9.97 Å². The van der Waals surface area contributed by atoms with E-state index in [4.69, 9.17) is 0 Å². The molecule has 192 valence electrons. The fraction of sp³-hybridized carbons (Fsp3) is 0.286. The zero-order valence-corrected chi connectivity index (χ0v) is 20.0. The SMILES string of the molecule is CC1(C(=O)O)C=CC(c2cc(C(Cc3ccc(F)cc3)Cc3ccc(F)cc3)ncn2)C(O)(C(=O)O)C1. The molecule has 0 fully saturated rings. The summed E-state index contributed by atoms with van der Waals surface area (Å²) in [6, 6.07) is 13.7. The van der Waals surface area contributed by atoms with E-state index < -0.39 is 35.3 Å². The van der Waals surface area contributed by atoms with Gasteiger partial charge in [-0.2, -0.15) is 0 Å². The first-order valence-corrected chi connectivity index (χ1v) is 11.7. The molecule has 1 aliphatic carbocycles. The monoisotopic (exact) mass is 508 g/mol. The topological polar surface area (TPSA) is 121 Å². The number of hydrogen-bond acceptors (Lipinski definition) is 5. The lowest BCUT2D eigenvalue weighted by molar-refractivity contribution is -0.167. The summed E-state index contributed by atoms with van der Waals surface area (Å²) in [5, 5.41) is 30.6. The van der Waals surface area contributed by atoms with Gasteiger partial charge in [0.05, 0.1) is 17.0 Å². The third kappa shape index (κ3) is 5.56. The van der Waals surface area contributed by atoms with Gasteiger partial charge in [0.1, 0.15) is 18.0 Å². The number of carbonyl (C=O) groups is 2. The molecule has 4 rings (SSSR count). The molecule has 7 nitrogen and oxygen atoms in total. The molecule has 1 heterocycles. The Labute approximate surface area is 212 Å². The van der Waals surface area contributed by atoms with Crippen LogP contribution in [0.15, 0.2) is 73.1 Å². The molecule has 3 N–H and O–H groups in total. The van der Waals surface area contributed by atoms with Gasteiger partial charge in [0.2, 0.25) is 0 Å². The maximum Gasteiger partial charge on any atom is 0.336 e. The summed E-state index contributed by atoms with van der Waals surface area (Å²) in [6.07, 6.45) is 4.39. The first-order valence-electron chi connectivity index (χ1n) is 11.7. The number of carboxylic acid groups (broad SMARTS) is 2. The number of aliphatic hydroxyl groups is 1. The molecule has 1 aromatic heterocycles. The van der Waals surface area contributed by atoms with E-state index in [9.17, 15) is 33.7 Å². The Bertz CT molecular complexity index is 1280. The van der Waals surface area contributed by atoms with Gasteiger partial charge in [-0.1, -0.05) is 36.4 Å². The van der Waals surface area contributed by atoms with Crippen LogP contribution in [0.2, 0.25) is 0 Å². The van der Waals surface area contributed by atoms with Gasteiger partial charge in [0.15, 0.2) is 5.60 Å². The number of nitrogens with zero attached hydrogens (tertiary/aromatic N) is 2. The molecule has 3 aromatic rings. The van der Waals surface area contributed by atoms with E-state index in [1.165, 1.54) is 49.7 Å². The second kappa shape index (κ2) is 10.2. The standard InChI is InChI=1S/C28H26F2N2O5/c1-27(25(33)34)11-10-22(28(37,15-27)26(35)36)24-14-23(31-16-32-24)19(12-17-2-6-20(29)7-3-17)13-18-4-8-21(30)9-5-18/h2-11,14,16,19,22,37H,12-13,15H2,1H3,(H,33,34)(H,35,36). The molecule has 3 atom stereocenters. The van der Waals surface area contributed by atoms with Crippen molar-refractivity contribution in [2.24, 2.45) is 5.41 Å². The van der Waals surface area contributed by atoms with Crippen molar-refractivity contribution in [2.45, 2.75) is 43.6 Å². The third-order valence-electron chi connectivity index (χ3n) is 6.90. The highest BCUT2D eigenvalue weighted by Crippen LogP contribution is 2.44. The first-order chi connectivity index (χ1) is 17.5. The van der Waals surface area contributed by atoms with E-state index in [1.807, 2.05) is 0 Å². The molecule has 0 saturated carbocycles. The van der Waals surface area contributed by atoms with Gasteiger partial charge in [0.25, 0.3) is 0 Å². The third-order valence-corrected chi connectivity index (χ3v) is 6.90. The van der Waals surface area contributed by atoms with E-state index in [0.717, 1.165) is 11.1 Å². The van der Waals surface area contributed by atoms with Crippen LogP contribution in [-0.4, -0.2) is 42.8 Å². The average molecular weight is 509 g/mol. The number of rotatable bonds is 8. The Kier molecular flexibility index (Phi) is 7.18. The molecule has 0 spiro atoms. The first kappa shape index (κ1) is 26.1. The largest absolute Gasteiger partial charge is 0.481 e. The van der Waals surface area contributed by atoms with Gasteiger partial charge in [-0.15, -0.1) is 0 Å². The zero-order valence-electron chi connectivity index (χ0n) is 20.0. The number of aromatic nitrogens is 2. The van der Waals surface area contributed by atoms with Crippen LogP contribution in [0.25, 0.3) is 0 Å². The fourth-order valence-electron chi connectivity index (χ4n) is 4.77. The van der Waals surface area contributed by atoms with Crippen molar-refractivity contribution in [3.05, 3.63) is 107 Å². The van der Waals surface area contributed by atoms with Crippen molar-refractivity contribution in [3.8, 4) is 0 Å². The van der Waals surface area contributed by atoms with Crippen LogP contribution in [0.4, 0.5) is 8.78 Å².